The maximum Gasteiger partial charge on any atom is 0.450 e. The van der Waals surface area contributed by atoms with Crippen molar-refractivity contribution in [1.82, 2.24) is 4.90 Å². The van der Waals surface area contributed by atoms with E-state index in [2.05, 4.69) is 0 Å². The standard InChI is InChI=1S/C8H11F3N2OS/c1-13-2-5(3-13)7(12)15-4-6(14)8(9,10)11/h5,12H,2-4H2,1H3. The van der Waals surface area contributed by atoms with Gasteiger partial charge in [0.05, 0.1) is 10.8 Å². The van der Waals surface area contributed by atoms with E-state index < -0.39 is 17.7 Å². The van der Waals surface area contributed by atoms with Crippen molar-refractivity contribution in [3.05, 3.63) is 0 Å². The Labute approximate surface area is 89.5 Å². The Balaban J connectivity index is 2.26. The van der Waals surface area contributed by atoms with Crippen molar-refractivity contribution >= 4 is 22.6 Å². The van der Waals surface area contributed by atoms with Gasteiger partial charge in [-0.05, 0) is 7.05 Å². The monoisotopic (exact) mass is 240 g/mol. The molecule has 1 heterocycles. The van der Waals surface area contributed by atoms with Gasteiger partial charge in [0.1, 0.15) is 0 Å². The summed E-state index contributed by atoms with van der Waals surface area (Å²) in [5.41, 5.74) is 0. The number of hydrogen-bond acceptors (Lipinski definition) is 4. The van der Waals surface area contributed by atoms with Crippen LogP contribution in [0.2, 0.25) is 0 Å². The Morgan fingerprint density at radius 2 is 2.07 bits per heavy atom. The van der Waals surface area contributed by atoms with Crippen LogP contribution in [-0.2, 0) is 4.79 Å². The Bertz CT molecular complexity index is 274. The number of Topliss-reactive ketones (excluding diaryl/α,β-unsaturated/α-hetero) is 1. The fraction of sp³-hybridized carbons (Fsp3) is 0.750. The molecule has 0 radical (unpaired) electrons. The van der Waals surface area contributed by atoms with E-state index in [0.29, 0.717) is 24.9 Å². The third-order valence-corrected chi connectivity index (χ3v) is 3.16. The third-order valence-electron chi connectivity index (χ3n) is 2.11. The SMILES string of the molecule is CN1CC(C(=N)SCC(=O)C(F)(F)F)C1. The maximum absolute atomic E-state index is 11.8. The van der Waals surface area contributed by atoms with Crippen molar-refractivity contribution in [3.8, 4) is 0 Å². The average molecular weight is 240 g/mol. The van der Waals surface area contributed by atoms with Crippen LogP contribution in [0.25, 0.3) is 0 Å². The van der Waals surface area contributed by atoms with Gasteiger partial charge in [0.15, 0.2) is 0 Å². The molecule has 15 heavy (non-hydrogen) atoms. The number of carbonyl (C=O) groups excluding carboxylic acids is 1. The molecule has 0 aromatic rings. The molecular weight excluding hydrogens is 229 g/mol. The van der Waals surface area contributed by atoms with Gasteiger partial charge in [-0.25, -0.2) is 0 Å². The first-order valence-electron chi connectivity index (χ1n) is 4.30. The van der Waals surface area contributed by atoms with E-state index in [1.54, 1.807) is 0 Å². The maximum atomic E-state index is 11.8. The molecular formula is C8H11F3N2OS. The van der Waals surface area contributed by atoms with E-state index in [4.69, 9.17) is 5.41 Å². The molecule has 0 aromatic carbocycles. The van der Waals surface area contributed by atoms with Gasteiger partial charge in [-0.1, -0.05) is 0 Å². The van der Waals surface area contributed by atoms with Gasteiger partial charge in [-0.15, -0.1) is 11.8 Å². The number of likely N-dealkylation sites (tertiary alicyclic amines) is 1. The highest BCUT2D eigenvalue weighted by Gasteiger charge is 2.38. The molecule has 0 spiro atoms. The first-order chi connectivity index (χ1) is 6.80. The number of rotatable bonds is 3. The molecule has 1 rings (SSSR count). The molecule has 1 N–H and O–H groups in total. The van der Waals surface area contributed by atoms with Crippen LogP contribution in [0.3, 0.4) is 0 Å². The minimum Gasteiger partial charge on any atom is -0.305 e. The smallest absolute Gasteiger partial charge is 0.305 e. The molecule has 1 saturated heterocycles. The van der Waals surface area contributed by atoms with E-state index in [1.807, 2.05) is 11.9 Å². The highest BCUT2D eigenvalue weighted by Crippen LogP contribution is 2.24. The molecule has 1 fully saturated rings. The molecule has 7 heteroatoms. The van der Waals surface area contributed by atoms with E-state index in [-0.39, 0.29) is 11.0 Å². The summed E-state index contributed by atoms with van der Waals surface area (Å²) in [5.74, 6) is -2.45. The Morgan fingerprint density at radius 1 is 1.53 bits per heavy atom. The van der Waals surface area contributed by atoms with Crippen LogP contribution < -0.4 is 0 Å². The molecule has 0 saturated carbocycles. The average Bonchev–Trinajstić information content (AvgIpc) is 2.06. The largest absolute Gasteiger partial charge is 0.450 e. The minimum atomic E-state index is -4.77. The lowest BCUT2D eigenvalue weighted by Crippen LogP contribution is -2.47. The first-order valence-corrected chi connectivity index (χ1v) is 5.29. The van der Waals surface area contributed by atoms with Crippen molar-refractivity contribution in [2.75, 3.05) is 25.9 Å². The van der Waals surface area contributed by atoms with Crippen LogP contribution in [-0.4, -0.2) is 47.8 Å². The van der Waals surface area contributed by atoms with E-state index >= 15 is 0 Å². The van der Waals surface area contributed by atoms with Crippen molar-refractivity contribution in [2.24, 2.45) is 5.92 Å². The second-order valence-electron chi connectivity index (χ2n) is 3.49. The number of alkyl halides is 3. The molecule has 1 aliphatic heterocycles. The molecule has 0 bridgehead atoms. The predicted octanol–water partition coefficient (Wildman–Crippen LogP) is 1.39. The summed E-state index contributed by atoms with van der Waals surface area (Å²) < 4.78 is 35.5. The number of thioether (sulfide) groups is 1. The molecule has 0 aliphatic carbocycles. The van der Waals surface area contributed by atoms with Gasteiger partial charge in [-0.3, -0.25) is 10.2 Å². The van der Waals surface area contributed by atoms with Crippen molar-refractivity contribution in [1.29, 1.82) is 5.41 Å². The summed E-state index contributed by atoms with van der Waals surface area (Å²) in [4.78, 5) is 12.5. The molecule has 0 atom stereocenters. The quantitative estimate of drug-likeness (QED) is 0.599. The molecule has 86 valence electrons. The highest BCUT2D eigenvalue weighted by molar-refractivity contribution is 8.14. The normalized spacial score (nSPS) is 18.7. The topological polar surface area (TPSA) is 44.2 Å². The molecule has 1 aliphatic rings. The lowest BCUT2D eigenvalue weighted by atomic mass is 10.0. The number of carbonyl (C=O) groups is 1. The zero-order chi connectivity index (χ0) is 11.6. The van der Waals surface area contributed by atoms with Gasteiger partial charge in [0.2, 0.25) is 5.78 Å². The van der Waals surface area contributed by atoms with Crippen molar-refractivity contribution in [2.45, 2.75) is 6.18 Å². The van der Waals surface area contributed by atoms with E-state index in [1.165, 1.54) is 0 Å². The molecule has 3 nitrogen and oxygen atoms in total. The highest BCUT2D eigenvalue weighted by atomic mass is 32.2. The lowest BCUT2D eigenvalue weighted by molar-refractivity contribution is -0.167. The Hall–Kier alpha value is -0.560. The third kappa shape index (κ3) is 3.49. The second kappa shape index (κ2) is 4.52. The summed E-state index contributed by atoms with van der Waals surface area (Å²) in [6.45, 7) is 1.37. The van der Waals surface area contributed by atoms with Gasteiger partial charge in [0, 0.05) is 19.0 Å². The van der Waals surface area contributed by atoms with E-state index in [9.17, 15) is 18.0 Å². The van der Waals surface area contributed by atoms with E-state index in [0.717, 1.165) is 0 Å². The fourth-order valence-electron chi connectivity index (χ4n) is 1.21. The van der Waals surface area contributed by atoms with Crippen LogP contribution in [0.1, 0.15) is 0 Å². The van der Waals surface area contributed by atoms with Gasteiger partial charge in [0.25, 0.3) is 0 Å². The van der Waals surface area contributed by atoms with Gasteiger partial charge in [-0.2, -0.15) is 13.2 Å². The summed E-state index contributed by atoms with van der Waals surface area (Å²) in [6, 6.07) is 0. The summed E-state index contributed by atoms with van der Waals surface area (Å²) in [5, 5.41) is 7.62. The van der Waals surface area contributed by atoms with Crippen LogP contribution in [0, 0.1) is 11.3 Å². The summed E-state index contributed by atoms with van der Waals surface area (Å²) in [6.07, 6.45) is -4.77. The van der Waals surface area contributed by atoms with Crippen LogP contribution >= 0.6 is 11.8 Å². The number of halogens is 3. The Kier molecular flexibility index (Phi) is 3.77. The molecule has 0 aromatic heterocycles. The Morgan fingerprint density at radius 3 is 2.47 bits per heavy atom. The minimum absolute atomic E-state index is 0.000957. The zero-order valence-electron chi connectivity index (χ0n) is 8.10. The summed E-state index contributed by atoms with van der Waals surface area (Å²) >= 11 is 0.684. The lowest BCUT2D eigenvalue weighted by Gasteiger charge is -2.36. The van der Waals surface area contributed by atoms with Crippen LogP contribution in [0.15, 0.2) is 0 Å². The van der Waals surface area contributed by atoms with Crippen LogP contribution in [0.5, 0.6) is 0 Å². The number of hydrogen-bond donors (Lipinski definition) is 1. The number of nitrogens with zero attached hydrogens (tertiary/aromatic N) is 1. The van der Waals surface area contributed by atoms with Crippen molar-refractivity contribution < 1.29 is 18.0 Å². The van der Waals surface area contributed by atoms with Gasteiger partial charge < -0.3 is 4.90 Å². The number of ketones is 1. The first kappa shape index (κ1) is 12.5. The predicted molar refractivity (Wildman–Crippen MR) is 52.2 cm³/mol. The number of nitrogens with one attached hydrogen (secondary N) is 1. The van der Waals surface area contributed by atoms with Crippen LogP contribution in [0.4, 0.5) is 13.2 Å². The summed E-state index contributed by atoms with van der Waals surface area (Å²) in [7, 11) is 1.87. The fourth-order valence-corrected chi connectivity index (χ4v) is 2.04. The zero-order valence-corrected chi connectivity index (χ0v) is 8.91. The molecule has 0 unspecified atom stereocenters. The second-order valence-corrected chi connectivity index (χ2v) is 4.51. The molecule has 0 amide bonds. The van der Waals surface area contributed by atoms with Crippen molar-refractivity contribution in [3.63, 3.8) is 0 Å². The van der Waals surface area contributed by atoms with Gasteiger partial charge >= 0.3 is 6.18 Å².